The Balaban J connectivity index is 2.01. The van der Waals surface area contributed by atoms with Crippen LogP contribution in [0.4, 0.5) is 0 Å². The summed E-state index contributed by atoms with van der Waals surface area (Å²) in [6.07, 6.45) is 2.87. The molecule has 1 heterocycles. The number of aromatic hydroxyl groups is 1. The molecule has 0 saturated heterocycles. The van der Waals surface area contributed by atoms with Crippen molar-refractivity contribution in [2.45, 2.75) is 24.8 Å². The fourth-order valence-corrected chi connectivity index (χ4v) is 1.83. The van der Waals surface area contributed by atoms with Gasteiger partial charge in [0, 0.05) is 24.2 Å². The molecule has 2 rings (SSSR count). The fraction of sp³-hybridized carbons (Fsp3) is 0.455. The number of nitrogens with two attached hydrogens (primary N) is 1. The minimum Gasteiger partial charge on any atom is -0.494 e. The van der Waals surface area contributed by atoms with E-state index < -0.39 is 11.5 Å². The standard InChI is InChI=1S/C11H15N3O3/c12-11(2-1-3-11)6-13-10(17)7-4-8(15)14-9(16)5-7/h4-5H,1-3,6,12H2,(H,13,17)(H2,14,15,16). The molecule has 5 N–H and O–H groups in total. The van der Waals surface area contributed by atoms with E-state index >= 15 is 0 Å². The predicted octanol–water partition coefficient (Wildman–Crippen LogP) is -0.308. The molecule has 0 unspecified atom stereocenters. The van der Waals surface area contributed by atoms with E-state index in [0.717, 1.165) is 25.3 Å². The molecule has 0 atom stereocenters. The zero-order valence-corrected chi connectivity index (χ0v) is 9.32. The summed E-state index contributed by atoms with van der Waals surface area (Å²) >= 11 is 0. The molecule has 0 aromatic carbocycles. The first-order valence-electron chi connectivity index (χ1n) is 5.49. The van der Waals surface area contributed by atoms with Crippen LogP contribution in [0.2, 0.25) is 0 Å². The number of nitrogens with one attached hydrogen (secondary N) is 2. The first-order valence-corrected chi connectivity index (χ1v) is 5.49. The van der Waals surface area contributed by atoms with Gasteiger partial charge in [0.05, 0.1) is 5.56 Å². The molecule has 0 aliphatic heterocycles. The molecule has 6 nitrogen and oxygen atoms in total. The summed E-state index contributed by atoms with van der Waals surface area (Å²) in [6.45, 7) is 0.388. The highest BCUT2D eigenvalue weighted by molar-refractivity contribution is 5.94. The third kappa shape index (κ3) is 2.65. The molecule has 1 fully saturated rings. The average Bonchev–Trinajstić information content (AvgIpc) is 2.22. The van der Waals surface area contributed by atoms with Gasteiger partial charge in [0.15, 0.2) is 5.88 Å². The van der Waals surface area contributed by atoms with Crippen LogP contribution in [0.15, 0.2) is 16.9 Å². The maximum atomic E-state index is 11.7. The van der Waals surface area contributed by atoms with Crippen molar-refractivity contribution in [1.29, 1.82) is 0 Å². The largest absolute Gasteiger partial charge is 0.494 e. The molecule has 1 aliphatic carbocycles. The van der Waals surface area contributed by atoms with Crippen LogP contribution in [0.3, 0.4) is 0 Å². The number of aromatic amines is 1. The first-order chi connectivity index (χ1) is 7.98. The summed E-state index contributed by atoms with van der Waals surface area (Å²) in [5.74, 6) is -0.725. The topological polar surface area (TPSA) is 108 Å². The van der Waals surface area contributed by atoms with Gasteiger partial charge in [0.2, 0.25) is 0 Å². The lowest BCUT2D eigenvalue weighted by molar-refractivity contribution is 0.0929. The lowest BCUT2D eigenvalue weighted by Crippen LogP contribution is -2.54. The van der Waals surface area contributed by atoms with Crippen LogP contribution in [-0.4, -0.2) is 28.1 Å². The first kappa shape index (κ1) is 11.7. The summed E-state index contributed by atoms with van der Waals surface area (Å²) < 4.78 is 0. The van der Waals surface area contributed by atoms with Crippen molar-refractivity contribution in [2.24, 2.45) is 5.73 Å². The second-order valence-electron chi connectivity index (χ2n) is 4.52. The normalized spacial score (nSPS) is 17.2. The number of carbonyl (C=O) groups excluding carboxylic acids is 1. The molecular formula is C11H15N3O3. The van der Waals surface area contributed by atoms with Crippen molar-refractivity contribution in [3.63, 3.8) is 0 Å². The molecule has 1 aliphatic rings. The van der Waals surface area contributed by atoms with Crippen molar-refractivity contribution in [2.75, 3.05) is 6.54 Å². The van der Waals surface area contributed by atoms with Gasteiger partial charge in [0.25, 0.3) is 11.5 Å². The van der Waals surface area contributed by atoms with Gasteiger partial charge in [0.1, 0.15) is 0 Å². The Labute approximate surface area is 97.8 Å². The summed E-state index contributed by atoms with van der Waals surface area (Å²) in [5, 5.41) is 11.8. The Morgan fingerprint density at radius 2 is 2.24 bits per heavy atom. The summed E-state index contributed by atoms with van der Waals surface area (Å²) in [5.41, 5.74) is 5.27. The number of carbonyl (C=O) groups is 1. The van der Waals surface area contributed by atoms with Crippen LogP contribution >= 0.6 is 0 Å². The van der Waals surface area contributed by atoms with Gasteiger partial charge in [-0.15, -0.1) is 0 Å². The lowest BCUT2D eigenvalue weighted by atomic mass is 9.78. The third-order valence-electron chi connectivity index (χ3n) is 3.04. The van der Waals surface area contributed by atoms with E-state index in [-0.39, 0.29) is 17.0 Å². The zero-order valence-electron chi connectivity index (χ0n) is 9.32. The van der Waals surface area contributed by atoms with E-state index in [2.05, 4.69) is 10.3 Å². The van der Waals surface area contributed by atoms with E-state index in [9.17, 15) is 9.59 Å². The van der Waals surface area contributed by atoms with Crippen LogP contribution in [0, 0.1) is 0 Å². The van der Waals surface area contributed by atoms with Gasteiger partial charge < -0.3 is 16.2 Å². The third-order valence-corrected chi connectivity index (χ3v) is 3.04. The quantitative estimate of drug-likeness (QED) is 0.578. The van der Waals surface area contributed by atoms with E-state index in [4.69, 9.17) is 10.8 Å². The van der Waals surface area contributed by atoms with Gasteiger partial charge in [-0.3, -0.25) is 14.6 Å². The van der Waals surface area contributed by atoms with Crippen molar-refractivity contribution < 1.29 is 9.90 Å². The molecular weight excluding hydrogens is 222 g/mol. The Kier molecular flexibility index (Phi) is 2.89. The van der Waals surface area contributed by atoms with Gasteiger partial charge >= 0.3 is 0 Å². The van der Waals surface area contributed by atoms with Crippen molar-refractivity contribution in [3.05, 3.63) is 28.0 Å². The highest BCUT2D eigenvalue weighted by Gasteiger charge is 2.32. The van der Waals surface area contributed by atoms with Crippen molar-refractivity contribution >= 4 is 5.91 Å². The van der Waals surface area contributed by atoms with Gasteiger partial charge in [-0.05, 0) is 19.3 Å². The molecule has 0 bridgehead atoms. The second-order valence-corrected chi connectivity index (χ2v) is 4.52. The maximum absolute atomic E-state index is 11.7. The minimum atomic E-state index is -0.513. The maximum Gasteiger partial charge on any atom is 0.251 e. The number of H-pyrrole nitrogens is 1. The van der Waals surface area contributed by atoms with Gasteiger partial charge in [-0.1, -0.05) is 0 Å². The van der Waals surface area contributed by atoms with Gasteiger partial charge in [-0.2, -0.15) is 0 Å². The average molecular weight is 237 g/mol. The SMILES string of the molecule is NC1(CNC(=O)c2cc(O)[nH]c(=O)c2)CCC1. The Morgan fingerprint density at radius 3 is 2.76 bits per heavy atom. The van der Waals surface area contributed by atoms with Crippen molar-refractivity contribution in [1.82, 2.24) is 10.3 Å². The number of rotatable bonds is 3. The number of aromatic nitrogens is 1. The lowest BCUT2D eigenvalue weighted by Gasteiger charge is -2.38. The number of pyridine rings is 1. The van der Waals surface area contributed by atoms with E-state index in [1.54, 1.807) is 0 Å². The monoisotopic (exact) mass is 237 g/mol. The molecule has 1 aromatic heterocycles. The Hall–Kier alpha value is -1.82. The number of amides is 1. The molecule has 92 valence electrons. The second kappa shape index (κ2) is 4.21. The van der Waals surface area contributed by atoms with Crippen LogP contribution in [0.25, 0.3) is 0 Å². The molecule has 1 aromatic rings. The summed E-state index contributed by atoms with van der Waals surface area (Å²) in [4.78, 5) is 24.9. The number of hydrogen-bond acceptors (Lipinski definition) is 4. The fourth-order valence-electron chi connectivity index (χ4n) is 1.83. The Morgan fingerprint density at radius 1 is 1.53 bits per heavy atom. The van der Waals surface area contributed by atoms with E-state index in [1.165, 1.54) is 6.07 Å². The summed E-state index contributed by atoms with van der Waals surface area (Å²) in [7, 11) is 0. The summed E-state index contributed by atoms with van der Waals surface area (Å²) in [6, 6.07) is 2.35. The molecule has 6 heteroatoms. The molecule has 1 amide bonds. The van der Waals surface area contributed by atoms with Crippen LogP contribution < -0.4 is 16.6 Å². The van der Waals surface area contributed by atoms with Crippen LogP contribution in [0.1, 0.15) is 29.6 Å². The van der Waals surface area contributed by atoms with E-state index in [0.29, 0.717) is 6.54 Å². The Bertz CT molecular complexity index is 491. The highest BCUT2D eigenvalue weighted by Crippen LogP contribution is 2.28. The number of hydrogen-bond donors (Lipinski definition) is 4. The van der Waals surface area contributed by atoms with Crippen molar-refractivity contribution in [3.8, 4) is 5.88 Å². The minimum absolute atomic E-state index is 0.133. The van der Waals surface area contributed by atoms with Gasteiger partial charge in [-0.25, -0.2) is 0 Å². The smallest absolute Gasteiger partial charge is 0.251 e. The molecule has 17 heavy (non-hydrogen) atoms. The molecule has 1 saturated carbocycles. The molecule has 0 radical (unpaired) electrons. The molecule has 0 spiro atoms. The highest BCUT2D eigenvalue weighted by atomic mass is 16.3. The van der Waals surface area contributed by atoms with Crippen LogP contribution in [0.5, 0.6) is 5.88 Å². The van der Waals surface area contributed by atoms with Crippen LogP contribution in [-0.2, 0) is 0 Å². The van der Waals surface area contributed by atoms with E-state index in [1.807, 2.05) is 0 Å². The zero-order chi connectivity index (χ0) is 12.5. The predicted molar refractivity (Wildman–Crippen MR) is 61.8 cm³/mol.